The number of hydrogen-bond donors (Lipinski definition) is 1. The van der Waals surface area contributed by atoms with Crippen molar-refractivity contribution >= 4 is 23.2 Å². The lowest BCUT2D eigenvalue weighted by molar-refractivity contribution is -0.0363. The molecule has 2 nitrogen and oxygen atoms in total. The van der Waals surface area contributed by atoms with Gasteiger partial charge in [0.25, 0.3) is 0 Å². The Labute approximate surface area is 125 Å². The quantitative estimate of drug-likeness (QED) is 0.858. The fourth-order valence-corrected chi connectivity index (χ4v) is 3.51. The van der Waals surface area contributed by atoms with Gasteiger partial charge in [-0.3, -0.25) is 0 Å². The minimum atomic E-state index is -0.162. The summed E-state index contributed by atoms with van der Waals surface area (Å²) in [5.41, 5.74) is 0.879. The van der Waals surface area contributed by atoms with Gasteiger partial charge in [-0.05, 0) is 43.1 Å². The lowest BCUT2D eigenvalue weighted by atomic mass is 9.86. The van der Waals surface area contributed by atoms with E-state index in [2.05, 4.69) is 12.2 Å². The van der Waals surface area contributed by atoms with Gasteiger partial charge in [-0.2, -0.15) is 0 Å². The van der Waals surface area contributed by atoms with Gasteiger partial charge in [-0.15, -0.1) is 0 Å². The van der Waals surface area contributed by atoms with E-state index in [1.54, 1.807) is 7.11 Å². The maximum atomic E-state index is 6.37. The first-order valence-corrected chi connectivity index (χ1v) is 7.62. The zero-order valence-electron chi connectivity index (χ0n) is 11.5. The van der Waals surface area contributed by atoms with E-state index in [1.807, 2.05) is 18.2 Å². The molecule has 1 aromatic rings. The van der Waals surface area contributed by atoms with Crippen molar-refractivity contribution in [3.63, 3.8) is 0 Å². The summed E-state index contributed by atoms with van der Waals surface area (Å²) in [5, 5.41) is 5.00. The topological polar surface area (TPSA) is 21.3 Å². The maximum Gasteiger partial charge on any atom is 0.0873 e. The van der Waals surface area contributed by atoms with Gasteiger partial charge < -0.3 is 10.1 Å². The van der Waals surface area contributed by atoms with Gasteiger partial charge in [-0.1, -0.05) is 43.0 Å². The highest BCUT2D eigenvalue weighted by molar-refractivity contribution is 6.33. The van der Waals surface area contributed by atoms with Crippen molar-refractivity contribution < 1.29 is 4.74 Å². The van der Waals surface area contributed by atoms with Gasteiger partial charge in [0.2, 0.25) is 0 Å². The Hall–Kier alpha value is -0.280. The van der Waals surface area contributed by atoms with Crippen molar-refractivity contribution in [1.82, 2.24) is 5.32 Å². The highest BCUT2D eigenvalue weighted by Crippen LogP contribution is 2.44. The molecule has 4 heteroatoms. The number of nitrogens with one attached hydrogen (secondary N) is 1. The third kappa shape index (κ3) is 3.08. The summed E-state index contributed by atoms with van der Waals surface area (Å²) in [6.45, 7) is 2.97. The summed E-state index contributed by atoms with van der Waals surface area (Å²) in [7, 11) is 1.80. The monoisotopic (exact) mass is 301 g/mol. The van der Waals surface area contributed by atoms with Crippen molar-refractivity contribution in [3.05, 3.63) is 33.8 Å². The second-order valence-corrected chi connectivity index (χ2v) is 5.98. The highest BCUT2D eigenvalue weighted by Gasteiger charge is 2.42. The number of benzene rings is 1. The van der Waals surface area contributed by atoms with Crippen LogP contribution in [0.3, 0.4) is 0 Å². The Morgan fingerprint density at radius 2 is 2.00 bits per heavy atom. The molecule has 1 aliphatic carbocycles. The zero-order chi connectivity index (χ0) is 13.9. The smallest absolute Gasteiger partial charge is 0.0873 e. The van der Waals surface area contributed by atoms with E-state index < -0.39 is 0 Å². The largest absolute Gasteiger partial charge is 0.376 e. The molecule has 0 aromatic heterocycles. The molecule has 1 saturated carbocycles. The molecule has 1 unspecified atom stereocenters. The van der Waals surface area contributed by atoms with E-state index >= 15 is 0 Å². The summed E-state index contributed by atoms with van der Waals surface area (Å²) in [6, 6.07) is 5.74. The van der Waals surface area contributed by atoms with Crippen LogP contribution in [0, 0.1) is 0 Å². The molecule has 0 saturated heterocycles. The minimum Gasteiger partial charge on any atom is -0.376 e. The van der Waals surface area contributed by atoms with Crippen molar-refractivity contribution in [1.29, 1.82) is 0 Å². The molecule has 1 aliphatic rings. The van der Waals surface area contributed by atoms with E-state index in [9.17, 15) is 0 Å². The van der Waals surface area contributed by atoms with Crippen LogP contribution in [0.4, 0.5) is 0 Å². The van der Waals surface area contributed by atoms with Gasteiger partial charge >= 0.3 is 0 Å². The average Bonchev–Trinajstić information content (AvgIpc) is 2.89. The first kappa shape index (κ1) is 15.1. The molecule has 0 aliphatic heterocycles. The summed E-state index contributed by atoms with van der Waals surface area (Å²) < 4.78 is 5.90. The van der Waals surface area contributed by atoms with Crippen LogP contribution < -0.4 is 5.32 Å². The summed E-state index contributed by atoms with van der Waals surface area (Å²) in [5.74, 6) is 0. The Balaban J connectivity index is 2.41. The molecule has 0 spiro atoms. The summed E-state index contributed by atoms with van der Waals surface area (Å²) in [6.07, 6.45) is 4.52. The van der Waals surface area contributed by atoms with Crippen molar-refractivity contribution in [2.45, 2.75) is 44.2 Å². The van der Waals surface area contributed by atoms with E-state index in [-0.39, 0.29) is 11.6 Å². The molecule has 2 rings (SSSR count). The van der Waals surface area contributed by atoms with Crippen molar-refractivity contribution in [2.24, 2.45) is 0 Å². The Morgan fingerprint density at radius 3 is 2.58 bits per heavy atom. The van der Waals surface area contributed by atoms with Gasteiger partial charge in [0.1, 0.15) is 0 Å². The van der Waals surface area contributed by atoms with Crippen molar-refractivity contribution in [2.75, 3.05) is 13.7 Å². The molecule has 1 fully saturated rings. The van der Waals surface area contributed by atoms with Crippen LogP contribution in [0.5, 0.6) is 0 Å². The maximum absolute atomic E-state index is 6.37. The van der Waals surface area contributed by atoms with Gasteiger partial charge in [0.05, 0.1) is 11.6 Å². The molecule has 1 aromatic carbocycles. The molecule has 1 atom stereocenters. The lowest BCUT2D eigenvalue weighted by Gasteiger charge is -2.37. The number of likely N-dealkylation sites (N-methyl/N-ethyl adjacent to an activating group) is 1. The predicted molar refractivity (Wildman–Crippen MR) is 81.1 cm³/mol. The third-order valence-electron chi connectivity index (χ3n) is 4.06. The summed E-state index contributed by atoms with van der Waals surface area (Å²) >= 11 is 12.5. The Morgan fingerprint density at radius 1 is 1.32 bits per heavy atom. The van der Waals surface area contributed by atoms with Crippen LogP contribution in [0.1, 0.15) is 44.2 Å². The molecule has 0 heterocycles. The predicted octanol–water partition coefficient (Wildman–Crippen LogP) is 4.60. The van der Waals surface area contributed by atoms with Gasteiger partial charge in [-0.25, -0.2) is 0 Å². The minimum absolute atomic E-state index is 0.0937. The first-order valence-electron chi connectivity index (χ1n) is 6.86. The van der Waals surface area contributed by atoms with Crippen molar-refractivity contribution in [3.8, 4) is 0 Å². The fraction of sp³-hybridized carbons (Fsp3) is 0.600. The van der Waals surface area contributed by atoms with Crippen LogP contribution in [-0.2, 0) is 4.74 Å². The Kier molecular flexibility index (Phi) is 5.13. The van der Waals surface area contributed by atoms with Crippen LogP contribution in [0.25, 0.3) is 0 Å². The highest BCUT2D eigenvalue weighted by atomic mass is 35.5. The Bertz CT molecular complexity index is 430. The first-order chi connectivity index (χ1) is 9.13. The molecule has 0 amide bonds. The molecule has 106 valence electrons. The number of methoxy groups -OCH3 is 1. The second kappa shape index (κ2) is 6.45. The normalized spacial score (nSPS) is 19.6. The number of hydrogen-bond acceptors (Lipinski definition) is 2. The number of ether oxygens (including phenoxy) is 1. The summed E-state index contributed by atoms with van der Waals surface area (Å²) in [4.78, 5) is 0. The molecular formula is C15H21Cl2NO. The molecule has 0 bridgehead atoms. The fourth-order valence-electron chi connectivity index (χ4n) is 3.10. The zero-order valence-corrected chi connectivity index (χ0v) is 13.0. The van der Waals surface area contributed by atoms with E-state index in [0.29, 0.717) is 5.02 Å². The van der Waals surface area contributed by atoms with Gasteiger partial charge in [0, 0.05) is 17.2 Å². The van der Waals surface area contributed by atoms with Crippen LogP contribution in [-0.4, -0.2) is 19.3 Å². The SMILES string of the molecule is CCNC(c1cc(Cl)ccc1Cl)C1(OC)CCCC1. The molecule has 1 N–H and O–H groups in total. The third-order valence-corrected chi connectivity index (χ3v) is 4.64. The number of halogens is 2. The molecule has 0 radical (unpaired) electrons. The number of rotatable bonds is 5. The standard InChI is InChI=1S/C15H21Cl2NO/c1-3-18-14(15(19-2)8-4-5-9-15)12-10-11(16)6-7-13(12)17/h6-7,10,14,18H,3-5,8-9H2,1-2H3. The average molecular weight is 302 g/mol. The molecular weight excluding hydrogens is 281 g/mol. The van der Waals surface area contributed by atoms with Crippen LogP contribution >= 0.6 is 23.2 Å². The van der Waals surface area contributed by atoms with Crippen LogP contribution in [0.2, 0.25) is 10.0 Å². The van der Waals surface area contributed by atoms with E-state index in [1.165, 1.54) is 12.8 Å². The molecule has 19 heavy (non-hydrogen) atoms. The van der Waals surface area contributed by atoms with E-state index in [0.717, 1.165) is 30.0 Å². The second-order valence-electron chi connectivity index (χ2n) is 5.13. The van der Waals surface area contributed by atoms with Crippen LogP contribution in [0.15, 0.2) is 18.2 Å². The van der Waals surface area contributed by atoms with E-state index in [4.69, 9.17) is 27.9 Å². The van der Waals surface area contributed by atoms with Gasteiger partial charge in [0.15, 0.2) is 0 Å². The lowest BCUT2D eigenvalue weighted by Crippen LogP contribution is -2.43.